The second kappa shape index (κ2) is 8.61. The average molecular weight is 399 g/mol. The number of aliphatic imine (C=N–C) groups is 1. The molecule has 0 aromatic heterocycles. The summed E-state index contributed by atoms with van der Waals surface area (Å²) in [5.41, 5.74) is 2.10. The Labute approximate surface area is 175 Å². The van der Waals surface area contributed by atoms with Crippen molar-refractivity contribution in [3.05, 3.63) is 91.0 Å². The molecule has 30 heavy (non-hydrogen) atoms. The van der Waals surface area contributed by atoms with Crippen molar-refractivity contribution in [2.24, 2.45) is 4.99 Å². The molecule has 6 heteroatoms. The number of amides is 1. The number of rotatable bonds is 4. The number of methoxy groups -OCH3 is 1. The normalized spacial score (nSPS) is 17.8. The van der Waals surface area contributed by atoms with E-state index in [-0.39, 0.29) is 12.3 Å². The lowest BCUT2D eigenvalue weighted by atomic mass is 10.1. The van der Waals surface area contributed by atoms with Gasteiger partial charge in [0, 0.05) is 5.69 Å². The van der Waals surface area contributed by atoms with Crippen molar-refractivity contribution in [2.45, 2.75) is 12.5 Å². The third-order valence-corrected chi connectivity index (χ3v) is 4.85. The number of carbonyl (C=O) groups is 2. The van der Waals surface area contributed by atoms with Crippen molar-refractivity contribution in [3.8, 4) is 0 Å². The maximum atomic E-state index is 13.2. The van der Waals surface area contributed by atoms with E-state index in [0.717, 1.165) is 5.69 Å². The lowest BCUT2D eigenvalue weighted by Crippen LogP contribution is -2.61. The van der Waals surface area contributed by atoms with Crippen LogP contribution in [-0.4, -0.2) is 31.0 Å². The molecule has 0 N–H and O–H groups in total. The fourth-order valence-electron chi connectivity index (χ4n) is 3.47. The molecule has 3 aromatic carbocycles. The molecule has 1 saturated heterocycles. The molecule has 4 rings (SSSR count). The first-order valence-corrected chi connectivity index (χ1v) is 9.63. The summed E-state index contributed by atoms with van der Waals surface area (Å²) < 4.78 is 5.02. The predicted molar refractivity (Wildman–Crippen MR) is 117 cm³/mol. The number of guanidine groups is 1. The number of nitrogens with zero attached hydrogens (tertiary/aromatic N) is 3. The van der Waals surface area contributed by atoms with Crippen molar-refractivity contribution in [1.29, 1.82) is 0 Å². The van der Waals surface area contributed by atoms with E-state index in [4.69, 9.17) is 9.73 Å². The van der Waals surface area contributed by atoms with Crippen molar-refractivity contribution < 1.29 is 14.3 Å². The number of para-hydroxylation sites is 3. The van der Waals surface area contributed by atoms with E-state index in [1.165, 1.54) is 7.11 Å². The first kappa shape index (κ1) is 19.4. The fraction of sp³-hybridized carbons (Fsp3) is 0.125. The largest absolute Gasteiger partial charge is 0.467 e. The van der Waals surface area contributed by atoms with Gasteiger partial charge in [0.05, 0.1) is 24.9 Å². The Morgan fingerprint density at radius 1 is 0.867 bits per heavy atom. The molecule has 1 unspecified atom stereocenters. The van der Waals surface area contributed by atoms with E-state index in [1.54, 1.807) is 9.80 Å². The smallest absolute Gasteiger partial charge is 0.329 e. The van der Waals surface area contributed by atoms with Gasteiger partial charge in [-0.05, 0) is 36.4 Å². The van der Waals surface area contributed by atoms with Gasteiger partial charge in [-0.1, -0.05) is 54.6 Å². The van der Waals surface area contributed by atoms with Gasteiger partial charge in [-0.2, -0.15) is 0 Å². The summed E-state index contributed by atoms with van der Waals surface area (Å²) in [7, 11) is 1.33. The standard InChI is InChI=1S/C24H21N3O3/c1-30-23(29)21-17-22(28)27(20-15-9-4-10-16-20)24(25-18-11-5-2-6-12-18)26(21)19-13-7-3-8-14-19/h2-16,21H,17H2,1H3. The molecule has 1 heterocycles. The zero-order chi connectivity index (χ0) is 20.9. The number of ether oxygens (including phenoxy) is 1. The number of esters is 1. The minimum atomic E-state index is -0.813. The molecule has 0 saturated carbocycles. The molecule has 6 nitrogen and oxygen atoms in total. The first-order valence-electron chi connectivity index (χ1n) is 9.63. The van der Waals surface area contributed by atoms with Gasteiger partial charge in [-0.3, -0.25) is 9.69 Å². The van der Waals surface area contributed by atoms with E-state index in [0.29, 0.717) is 17.3 Å². The van der Waals surface area contributed by atoms with E-state index >= 15 is 0 Å². The van der Waals surface area contributed by atoms with Crippen LogP contribution in [0, 0.1) is 0 Å². The molecule has 1 aliphatic heterocycles. The predicted octanol–water partition coefficient (Wildman–Crippen LogP) is 4.16. The number of benzene rings is 3. The lowest BCUT2D eigenvalue weighted by Gasteiger charge is -2.41. The Kier molecular flexibility index (Phi) is 5.57. The average Bonchev–Trinajstić information content (AvgIpc) is 2.80. The third kappa shape index (κ3) is 3.80. The van der Waals surface area contributed by atoms with Gasteiger partial charge in [-0.15, -0.1) is 0 Å². The maximum Gasteiger partial charge on any atom is 0.329 e. The van der Waals surface area contributed by atoms with Gasteiger partial charge < -0.3 is 4.74 Å². The highest BCUT2D eigenvalue weighted by atomic mass is 16.5. The van der Waals surface area contributed by atoms with Crippen LogP contribution in [0.5, 0.6) is 0 Å². The molecule has 150 valence electrons. The number of anilines is 2. The van der Waals surface area contributed by atoms with Crippen LogP contribution in [0.15, 0.2) is 96.0 Å². The van der Waals surface area contributed by atoms with E-state index in [9.17, 15) is 9.59 Å². The van der Waals surface area contributed by atoms with E-state index in [2.05, 4.69) is 0 Å². The van der Waals surface area contributed by atoms with Crippen molar-refractivity contribution >= 4 is 34.9 Å². The highest BCUT2D eigenvalue weighted by Crippen LogP contribution is 2.31. The molecule has 1 fully saturated rings. The quantitative estimate of drug-likeness (QED) is 0.618. The number of carbonyl (C=O) groups excluding carboxylic acids is 2. The van der Waals surface area contributed by atoms with Gasteiger partial charge in [-0.25, -0.2) is 14.7 Å². The molecule has 1 aliphatic rings. The van der Waals surface area contributed by atoms with Gasteiger partial charge in [0.2, 0.25) is 11.9 Å². The van der Waals surface area contributed by atoms with Crippen LogP contribution in [-0.2, 0) is 14.3 Å². The van der Waals surface area contributed by atoms with Crippen molar-refractivity contribution in [1.82, 2.24) is 0 Å². The SMILES string of the molecule is COC(=O)C1CC(=O)N(c2ccccc2)C(=Nc2ccccc2)N1c1ccccc1. The lowest BCUT2D eigenvalue weighted by molar-refractivity contribution is -0.143. The highest BCUT2D eigenvalue weighted by Gasteiger charge is 2.43. The third-order valence-electron chi connectivity index (χ3n) is 4.85. The van der Waals surface area contributed by atoms with Crippen molar-refractivity contribution in [2.75, 3.05) is 16.9 Å². The molecule has 1 amide bonds. The summed E-state index contributed by atoms with van der Waals surface area (Å²) in [4.78, 5) is 34.0. The Bertz CT molecular complexity index is 1050. The van der Waals surface area contributed by atoms with Gasteiger partial charge >= 0.3 is 5.97 Å². The van der Waals surface area contributed by atoms with E-state index in [1.807, 2.05) is 91.0 Å². The number of hydrogen-bond acceptors (Lipinski definition) is 4. The van der Waals surface area contributed by atoms with Gasteiger partial charge in [0.15, 0.2) is 0 Å². The molecule has 0 spiro atoms. The minimum Gasteiger partial charge on any atom is -0.467 e. The Hall–Kier alpha value is -3.93. The summed E-state index contributed by atoms with van der Waals surface area (Å²) in [6.07, 6.45) is -0.0235. The fourth-order valence-corrected chi connectivity index (χ4v) is 3.47. The minimum absolute atomic E-state index is 0.0235. The van der Waals surface area contributed by atoms with Crippen molar-refractivity contribution in [3.63, 3.8) is 0 Å². The second-order valence-corrected chi connectivity index (χ2v) is 6.76. The zero-order valence-electron chi connectivity index (χ0n) is 16.5. The topological polar surface area (TPSA) is 62.2 Å². The highest BCUT2D eigenvalue weighted by molar-refractivity contribution is 6.26. The second-order valence-electron chi connectivity index (χ2n) is 6.76. The van der Waals surface area contributed by atoms with Crippen LogP contribution >= 0.6 is 0 Å². The van der Waals surface area contributed by atoms with Crippen LogP contribution < -0.4 is 9.80 Å². The maximum absolute atomic E-state index is 13.2. The van der Waals surface area contributed by atoms with Crippen LogP contribution in [0.2, 0.25) is 0 Å². The summed E-state index contributed by atoms with van der Waals surface area (Å²) >= 11 is 0. The summed E-state index contributed by atoms with van der Waals surface area (Å²) in [5.74, 6) is -0.357. The molecule has 0 bridgehead atoms. The molecule has 3 aromatic rings. The summed E-state index contributed by atoms with van der Waals surface area (Å²) in [5, 5.41) is 0. The van der Waals surface area contributed by atoms with Crippen LogP contribution in [0.1, 0.15) is 6.42 Å². The van der Waals surface area contributed by atoms with Crippen LogP contribution in [0.25, 0.3) is 0 Å². The summed E-state index contributed by atoms with van der Waals surface area (Å²) in [6.45, 7) is 0. The molecule has 0 radical (unpaired) electrons. The Morgan fingerprint density at radius 2 is 1.40 bits per heavy atom. The Balaban J connectivity index is 1.93. The number of hydrogen-bond donors (Lipinski definition) is 0. The van der Waals surface area contributed by atoms with Gasteiger partial charge in [0.1, 0.15) is 6.04 Å². The monoisotopic (exact) mass is 399 g/mol. The molecular weight excluding hydrogens is 378 g/mol. The first-order chi connectivity index (χ1) is 14.7. The Morgan fingerprint density at radius 3 is 1.97 bits per heavy atom. The van der Waals surface area contributed by atoms with Gasteiger partial charge in [0.25, 0.3) is 0 Å². The zero-order valence-corrected chi connectivity index (χ0v) is 16.5. The molecule has 0 aliphatic carbocycles. The van der Waals surface area contributed by atoms with Crippen LogP contribution in [0.3, 0.4) is 0 Å². The molecular formula is C24H21N3O3. The molecule has 1 atom stereocenters. The van der Waals surface area contributed by atoms with E-state index < -0.39 is 12.0 Å². The van der Waals surface area contributed by atoms with Crippen LogP contribution in [0.4, 0.5) is 17.1 Å². The summed E-state index contributed by atoms with van der Waals surface area (Å²) in [6, 6.07) is 27.3.